The highest BCUT2D eigenvalue weighted by molar-refractivity contribution is 7.13. The molecule has 0 aliphatic heterocycles. The summed E-state index contributed by atoms with van der Waals surface area (Å²) in [4.78, 5) is 5.61. The van der Waals surface area contributed by atoms with E-state index in [0.29, 0.717) is 12.4 Å². The number of para-hydroxylation sites is 2. The maximum Gasteiger partial charge on any atom is 0.236 e. The van der Waals surface area contributed by atoms with Crippen LogP contribution >= 0.6 is 11.3 Å². The lowest BCUT2D eigenvalue weighted by Gasteiger charge is -2.09. The van der Waals surface area contributed by atoms with Gasteiger partial charge in [-0.2, -0.15) is 0 Å². The highest BCUT2D eigenvalue weighted by Crippen LogP contribution is 2.27. The first-order chi connectivity index (χ1) is 10.3. The molecule has 2 heterocycles. The van der Waals surface area contributed by atoms with E-state index in [2.05, 4.69) is 10.3 Å². The van der Waals surface area contributed by atoms with Gasteiger partial charge in [0.05, 0.1) is 24.2 Å². The summed E-state index contributed by atoms with van der Waals surface area (Å²) in [5, 5.41) is 5.35. The van der Waals surface area contributed by atoms with Crippen molar-refractivity contribution >= 4 is 17.0 Å². The summed E-state index contributed by atoms with van der Waals surface area (Å²) in [7, 11) is 1.66. The molecule has 5 heteroatoms. The fraction of sp³-hybridized carbons (Fsp3) is 0.188. The van der Waals surface area contributed by atoms with Crippen LogP contribution in [0.5, 0.6) is 5.75 Å². The monoisotopic (exact) mass is 300 g/mol. The molecular formula is C16H16N2O2S. The summed E-state index contributed by atoms with van der Waals surface area (Å²) in [5.74, 6) is 2.33. The third kappa shape index (κ3) is 2.92. The second-order valence-electron chi connectivity index (χ2n) is 4.55. The Kier molecular flexibility index (Phi) is 3.92. The molecule has 0 unspecified atom stereocenters. The van der Waals surface area contributed by atoms with E-state index in [0.717, 1.165) is 27.8 Å². The highest BCUT2D eigenvalue weighted by atomic mass is 32.1. The van der Waals surface area contributed by atoms with Crippen molar-refractivity contribution in [1.82, 2.24) is 4.98 Å². The number of nitrogens with zero attached hydrogens (tertiary/aromatic N) is 1. The fourth-order valence-electron chi connectivity index (χ4n) is 2.07. The molecule has 0 saturated heterocycles. The standard InChI is InChI=1S/C16H16N2O2S/c1-11-13(18-16(20-11)15-8-5-9-21-15)10-17-12-6-3-4-7-14(12)19-2/h3-9,17H,10H2,1-2H3. The zero-order valence-electron chi connectivity index (χ0n) is 11.9. The minimum atomic E-state index is 0.598. The first-order valence-corrected chi connectivity index (χ1v) is 7.53. The van der Waals surface area contributed by atoms with Crippen LogP contribution in [-0.4, -0.2) is 12.1 Å². The number of oxazole rings is 1. The van der Waals surface area contributed by atoms with E-state index in [1.165, 1.54) is 0 Å². The van der Waals surface area contributed by atoms with E-state index < -0.39 is 0 Å². The minimum absolute atomic E-state index is 0.598. The van der Waals surface area contributed by atoms with Gasteiger partial charge < -0.3 is 14.5 Å². The molecule has 4 nitrogen and oxygen atoms in total. The van der Waals surface area contributed by atoms with Crippen LogP contribution in [0, 0.1) is 6.92 Å². The Bertz CT molecular complexity index is 720. The molecule has 0 amide bonds. The normalized spacial score (nSPS) is 10.6. The summed E-state index contributed by atoms with van der Waals surface area (Å²) in [6.07, 6.45) is 0. The number of aryl methyl sites for hydroxylation is 1. The van der Waals surface area contributed by atoms with Crippen molar-refractivity contribution in [3.8, 4) is 16.5 Å². The lowest BCUT2D eigenvalue weighted by molar-refractivity contribution is 0.416. The summed E-state index contributed by atoms with van der Waals surface area (Å²) in [6, 6.07) is 11.8. The topological polar surface area (TPSA) is 47.3 Å². The van der Waals surface area contributed by atoms with E-state index in [1.54, 1.807) is 18.4 Å². The van der Waals surface area contributed by atoms with Crippen molar-refractivity contribution in [1.29, 1.82) is 0 Å². The molecule has 0 bridgehead atoms. The molecule has 108 valence electrons. The zero-order valence-corrected chi connectivity index (χ0v) is 12.7. The van der Waals surface area contributed by atoms with Crippen LogP contribution in [0.2, 0.25) is 0 Å². The van der Waals surface area contributed by atoms with Gasteiger partial charge >= 0.3 is 0 Å². The summed E-state index contributed by atoms with van der Waals surface area (Å²) < 4.78 is 11.1. The van der Waals surface area contributed by atoms with Gasteiger partial charge in [-0.3, -0.25) is 0 Å². The zero-order chi connectivity index (χ0) is 14.7. The number of rotatable bonds is 5. The van der Waals surface area contributed by atoms with Gasteiger partial charge in [-0.05, 0) is 30.5 Å². The third-order valence-electron chi connectivity index (χ3n) is 3.18. The Hall–Kier alpha value is -2.27. The summed E-state index contributed by atoms with van der Waals surface area (Å²) >= 11 is 1.62. The molecule has 0 saturated carbocycles. The molecule has 0 atom stereocenters. The summed E-state index contributed by atoms with van der Waals surface area (Å²) in [6.45, 7) is 2.53. The number of hydrogen-bond acceptors (Lipinski definition) is 5. The first-order valence-electron chi connectivity index (χ1n) is 6.65. The number of benzene rings is 1. The van der Waals surface area contributed by atoms with Gasteiger partial charge in [0.15, 0.2) is 0 Å². The third-order valence-corrected chi connectivity index (χ3v) is 4.04. The second kappa shape index (κ2) is 6.01. The minimum Gasteiger partial charge on any atom is -0.495 e. The van der Waals surface area contributed by atoms with E-state index in [4.69, 9.17) is 9.15 Å². The Morgan fingerprint density at radius 1 is 1.24 bits per heavy atom. The fourth-order valence-corrected chi connectivity index (χ4v) is 2.72. The van der Waals surface area contributed by atoms with E-state index in [9.17, 15) is 0 Å². The quantitative estimate of drug-likeness (QED) is 0.761. The van der Waals surface area contributed by atoms with Crippen molar-refractivity contribution < 1.29 is 9.15 Å². The van der Waals surface area contributed by atoms with Crippen LogP contribution in [0.1, 0.15) is 11.5 Å². The number of aromatic nitrogens is 1. The Balaban J connectivity index is 1.76. The Labute approximate surface area is 127 Å². The van der Waals surface area contributed by atoms with E-state index >= 15 is 0 Å². The van der Waals surface area contributed by atoms with Crippen molar-refractivity contribution in [3.63, 3.8) is 0 Å². The number of thiophene rings is 1. The van der Waals surface area contributed by atoms with Crippen molar-refractivity contribution in [2.45, 2.75) is 13.5 Å². The predicted octanol–water partition coefficient (Wildman–Crippen LogP) is 4.33. The van der Waals surface area contributed by atoms with Gasteiger partial charge in [-0.15, -0.1) is 11.3 Å². The number of hydrogen-bond donors (Lipinski definition) is 1. The van der Waals surface area contributed by atoms with Gasteiger partial charge in [-0.1, -0.05) is 18.2 Å². The smallest absolute Gasteiger partial charge is 0.236 e. The lowest BCUT2D eigenvalue weighted by Crippen LogP contribution is -2.02. The van der Waals surface area contributed by atoms with Crippen LogP contribution in [-0.2, 0) is 6.54 Å². The molecule has 0 fully saturated rings. The highest BCUT2D eigenvalue weighted by Gasteiger charge is 2.12. The second-order valence-corrected chi connectivity index (χ2v) is 5.50. The number of anilines is 1. The van der Waals surface area contributed by atoms with E-state index in [-0.39, 0.29) is 0 Å². The van der Waals surface area contributed by atoms with Crippen LogP contribution in [0.25, 0.3) is 10.8 Å². The van der Waals surface area contributed by atoms with Crippen molar-refractivity contribution in [3.05, 3.63) is 53.2 Å². The molecular weight excluding hydrogens is 284 g/mol. The van der Waals surface area contributed by atoms with Crippen LogP contribution in [0.3, 0.4) is 0 Å². The predicted molar refractivity (Wildman–Crippen MR) is 84.9 cm³/mol. The maximum absolute atomic E-state index is 5.73. The molecule has 0 aliphatic rings. The maximum atomic E-state index is 5.73. The number of ether oxygens (including phenoxy) is 1. The largest absolute Gasteiger partial charge is 0.495 e. The molecule has 2 aromatic heterocycles. The van der Waals surface area contributed by atoms with Gasteiger partial charge in [0.2, 0.25) is 5.89 Å². The average molecular weight is 300 g/mol. The Morgan fingerprint density at radius 2 is 2.10 bits per heavy atom. The summed E-state index contributed by atoms with van der Waals surface area (Å²) in [5.41, 5.74) is 1.85. The molecule has 1 N–H and O–H groups in total. The van der Waals surface area contributed by atoms with Gasteiger partial charge in [0.25, 0.3) is 0 Å². The first kappa shape index (κ1) is 13.7. The average Bonchev–Trinajstić information content (AvgIpc) is 3.15. The van der Waals surface area contributed by atoms with Crippen molar-refractivity contribution in [2.24, 2.45) is 0 Å². The lowest BCUT2D eigenvalue weighted by atomic mass is 10.2. The van der Waals surface area contributed by atoms with Crippen LogP contribution < -0.4 is 10.1 Å². The SMILES string of the molecule is COc1ccccc1NCc1nc(-c2cccs2)oc1C. The van der Waals surface area contributed by atoms with Crippen LogP contribution in [0.4, 0.5) is 5.69 Å². The van der Waals surface area contributed by atoms with Gasteiger partial charge in [0.1, 0.15) is 17.2 Å². The van der Waals surface area contributed by atoms with Crippen LogP contribution in [0.15, 0.2) is 46.2 Å². The van der Waals surface area contributed by atoms with Crippen molar-refractivity contribution in [2.75, 3.05) is 12.4 Å². The Morgan fingerprint density at radius 3 is 2.86 bits per heavy atom. The molecule has 0 aliphatic carbocycles. The number of methoxy groups -OCH3 is 1. The molecule has 0 spiro atoms. The van der Waals surface area contributed by atoms with E-state index in [1.807, 2.05) is 48.7 Å². The molecule has 21 heavy (non-hydrogen) atoms. The van der Waals surface area contributed by atoms with Gasteiger partial charge in [0, 0.05) is 0 Å². The molecule has 3 aromatic rings. The number of nitrogens with one attached hydrogen (secondary N) is 1. The molecule has 0 radical (unpaired) electrons. The van der Waals surface area contributed by atoms with Gasteiger partial charge in [-0.25, -0.2) is 4.98 Å². The molecule has 1 aromatic carbocycles. The molecule has 3 rings (SSSR count).